The Morgan fingerprint density at radius 3 is 2.64 bits per heavy atom. The summed E-state index contributed by atoms with van der Waals surface area (Å²) in [4.78, 5) is 0. The molecule has 0 radical (unpaired) electrons. The van der Waals surface area contributed by atoms with Crippen LogP contribution in [-0.2, 0) is 0 Å². The molecule has 1 rings (SSSR count). The summed E-state index contributed by atoms with van der Waals surface area (Å²) in [6, 6.07) is 5.62. The van der Waals surface area contributed by atoms with E-state index in [9.17, 15) is 0 Å². The van der Waals surface area contributed by atoms with Crippen LogP contribution in [0.3, 0.4) is 0 Å². The molecule has 14 heavy (non-hydrogen) atoms. The average molecular weight is 230 g/mol. The Kier molecular flexibility index (Phi) is 4.46. The van der Waals surface area contributed by atoms with Gasteiger partial charge in [0, 0.05) is 6.54 Å². The highest BCUT2D eigenvalue weighted by molar-refractivity contribution is 6.42. The quantitative estimate of drug-likeness (QED) is 0.836. The maximum atomic E-state index is 5.90. The summed E-state index contributed by atoms with van der Waals surface area (Å²) in [7, 11) is 1.92. The molecule has 0 aromatic heterocycles. The Balaban J connectivity index is 2.87. The van der Waals surface area contributed by atoms with E-state index in [1.165, 1.54) is 5.57 Å². The van der Waals surface area contributed by atoms with E-state index in [2.05, 4.69) is 18.3 Å². The van der Waals surface area contributed by atoms with E-state index in [1.807, 2.05) is 25.2 Å². The molecule has 1 aromatic carbocycles. The molecule has 3 heteroatoms. The highest BCUT2D eigenvalue weighted by Crippen LogP contribution is 2.23. The summed E-state index contributed by atoms with van der Waals surface area (Å²) in [5.41, 5.74) is 2.33. The molecule has 76 valence electrons. The second-order valence-electron chi connectivity index (χ2n) is 3.19. The van der Waals surface area contributed by atoms with Crippen molar-refractivity contribution in [2.24, 2.45) is 0 Å². The third-order valence-corrected chi connectivity index (χ3v) is 2.55. The number of likely N-dealkylation sites (N-methyl/N-ethyl adjacent to an activating group) is 1. The second-order valence-corrected chi connectivity index (χ2v) is 4.01. The fourth-order valence-electron chi connectivity index (χ4n) is 1.22. The molecular formula is C11H13Cl2N. The number of nitrogens with one attached hydrogen (secondary N) is 1. The fourth-order valence-corrected chi connectivity index (χ4v) is 1.52. The molecule has 0 aliphatic carbocycles. The van der Waals surface area contributed by atoms with Gasteiger partial charge in [0.25, 0.3) is 0 Å². The molecule has 0 amide bonds. The Hall–Kier alpha value is -0.500. The van der Waals surface area contributed by atoms with Gasteiger partial charge in [-0.15, -0.1) is 0 Å². The minimum absolute atomic E-state index is 0.593. The minimum atomic E-state index is 0.593. The normalized spacial score (nSPS) is 11.9. The van der Waals surface area contributed by atoms with Gasteiger partial charge in [-0.1, -0.05) is 40.9 Å². The van der Waals surface area contributed by atoms with E-state index in [1.54, 1.807) is 0 Å². The van der Waals surface area contributed by atoms with Crippen LogP contribution in [0, 0.1) is 0 Å². The molecule has 0 bridgehead atoms. The molecule has 0 fully saturated rings. The molecule has 1 aromatic rings. The van der Waals surface area contributed by atoms with E-state index >= 15 is 0 Å². The SMILES string of the molecule is CNC/C(C)=C/c1ccc(Cl)c(Cl)c1. The largest absolute Gasteiger partial charge is 0.316 e. The Morgan fingerprint density at radius 1 is 1.36 bits per heavy atom. The lowest BCUT2D eigenvalue weighted by molar-refractivity contribution is 0.884. The van der Waals surface area contributed by atoms with E-state index in [-0.39, 0.29) is 0 Å². The molecule has 0 spiro atoms. The first-order valence-corrected chi connectivity index (χ1v) is 5.16. The van der Waals surface area contributed by atoms with Gasteiger partial charge >= 0.3 is 0 Å². The predicted molar refractivity (Wildman–Crippen MR) is 64.0 cm³/mol. The first-order chi connectivity index (χ1) is 6.63. The minimum Gasteiger partial charge on any atom is -0.316 e. The highest BCUT2D eigenvalue weighted by Gasteiger charge is 1.97. The van der Waals surface area contributed by atoms with Gasteiger partial charge in [-0.05, 0) is 31.7 Å². The summed E-state index contributed by atoms with van der Waals surface area (Å²) in [6.45, 7) is 2.94. The van der Waals surface area contributed by atoms with Crippen molar-refractivity contribution >= 4 is 29.3 Å². The summed E-state index contributed by atoms with van der Waals surface area (Å²) in [6.07, 6.45) is 2.08. The fraction of sp³-hybridized carbons (Fsp3) is 0.273. The van der Waals surface area contributed by atoms with E-state index in [4.69, 9.17) is 23.2 Å². The van der Waals surface area contributed by atoms with Crippen molar-refractivity contribution in [1.82, 2.24) is 5.32 Å². The first-order valence-electron chi connectivity index (χ1n) is 4.40. The molecule has 0 aliphatic rings. The number of hydrogen-bond donors (Lipinski definition) is 1. The van der Waals surface area contributed by atoms with Gasteiger partial charge in [0.05, 0.1) is 10.0 Å². The van der Waals surface area contributed by atoms with E-state index < -0.39 is 0 Å². The van der Waals surface area contributed by atoms with Gasteiger partial charge in [0.15, 0.2) is 0 Å². The molecule has 1 nitrogen and oxygen atoms in total. The lowest BCUT2D eigenvalue weighted by Gasteiger charge is -2.01. The lowest BCUT2D eigenvalue weighted by Crippen LogP contribution is -2.08. The standard InChI is InChI=1S/C11H13Cl2N/c1-8(7-14-2)5-9-3-4-10(12)11(13)6-9/h3-6,14H,7H2,1-2H3/b8-5+. The van der Waals surface area contributed by atoms with Crippen LogP contribution in [0.15, 0.2) is 23.8 Å². The van der Waals surface area contributed by atoms with Crippen molar-refractivity contribution in [1.29, 1.82) is 0 Å². The molecule has 1 N–H and O–H groups in total. The molecule has 0 unspecified atom stereocenters. The molecule has 0 saturated carbocycles. The zero-order valence-electron chi connectivity index (χ0n) is 8.27. The van der Waals surface area contributed by atoms with Gasteiger partial charge in [-0.2, -0.15) is 0 Å². The third kappa shape index (κ3) is 3.33. The third-order valence-electron chi connectivity index (χ3n) is 1.81. The van der Waals surface area contributed by atoms with Crippen molar-refractivity contribution in [2.75, 3.05) is 13.6 Å². The van der Waals surface area contributed by atoms with E-state index in [0.717, 1.165) is 12.1 Å². The van der Waals surface area contributed by atoms with Gasteiger partial charge in [0.1, 0.15) is 0 Å². The lowest BCUT2D eigenvalue weighted by atomic mass is 10.1. The molecule has 0 saturated heterocycles. The van der Waals surface area contributed by atoms with Crippen LogP contribution in [0.4, 0.5) is 0 Å². The van der Waals surface area contributed by atoms with Crippen LogP contribution in [-0.4, -0.2) is 13.6 Å². The first kappa shape index (κ1) is 11.6. The van der Waals surface area contributed by atoms with Crippen molar-refractivity contribution in [2.45, 2.75) is 6.92 Å². The van der Waals surface area contributed by atoms with E-state index in [0.29, 0.717) is 10.0 Å². The molecule has 0 atom stereocenters. The van der Waals surface area contributed by atoms with Crippen LogP contribution in [0.5, 0.6) is 0 Å². The molecule has 0 heterocycles. The summed E-state index contributed by atoms with van der Waals surface area (Å²) in [5, 5.41) is 4.27. The molecule has 0 aliphatic heterocycles. The van der Waals surface area contributed by atoms with Crippen molar-refractivity contribution in [3.63, 3.8) is 0 Å². The maximum absolute atomic E-state index is 5.90. The Labute approximate surface area is 94.7 Å². The monoisotopic (exact) mass is 229 g/mol. The number of benzene rings is 1. The van der Waals surface area contributed by atoms with Crippen LogP contribution >= 0.6 is 23.2 Å². The maximum Gasteiger partial charge on any atom is 0.0598 e. The number of rotatable bonds is 3. The zero-order chi connectivity index (χ0) is 10.6. The average Bonchev–Trinajstić information content (AvgIpc) is 2.12. The summed E-state index contributed by atoms with van der Waals surface area (Å²) < 4.78 is 0. The van der Waals surface area contributed by atoms with Gasteiger partial charge < -0.3 is 5.32 Å². The molecular weight excluding hydrogens is 217 g/mol. The summed E-state index contributed by atoms with van der Waals surface area (Å²) in [5.74, 6) is 0. The zero-order valence-corrected chi connectivity index (χ0v) is 9.78. The predicted octanol–water partition coefficient (Wildman–Crippen LogP) is 3.62. The second kappa shape index (κ2) is 5.40. The smallest absolute Gasteiger partial charge is 0.0598 e. The number of halogens is 2. The van der Waals surface area contributed by atoms with Gasteiger partial charge in [-0.3, -0.25) is 0 Å². The topological polar surface area (TPSA) is 12.0 Å². The van der Waals surface area contributed by atoms with Gasteiger partial charge in [-0.25, -0.2) is 0 Å². The van der Waals surface area contributed by atoms with Crippen molar-refractivity contribution in [3.05, 3.63) is 39.4 Å². The number of hydrogen-bond acceptors (Lipinski definition) is 1. The van der Waals surface area contributed by atoms with Crippen LogP contribution < -0.4 is 5.32 Å². The van der Waals surface area contributed by atoms with Crippen LogP contribution in [0.1, 0.15) is 12.5 Å². The van der Waals surface area contributed by atoms with Crippen LogP contribution in [0.2, 0.25) is 10.0 Å². The van der Waals surface area contributed by atoms with Crippen LogP contribution in [0.25, 0.3) is 6.08 Å². The highest BCUT2D eigenvalue weighted by atomic mass is 35.5. The Morgan fingerprint density at radius 2 is 2.07 bits per heavy atom. The Bertz CT molecular complexity index is 345. The summed E-state index contributed by atoms with van der Waals surface area (Å²) >= 11 is 11.7. The van der Waals surface area contributed by atoms with Gasteiger partial charge in [0.2, 0.25) is 0 Å². The van der Waals surface area contributed by atoms with Crippen molar-refractivity contribution < 1.29 is 0 Å². The van der Waals surface area contributed by atoms with Crippen molar-refractivity contribution in [3.8, 4) is 0 Å².